The quantitative estimate of drug-likeness (QED) is 0.373. The number of hydrogen-bond acceptors (Lipinski definition) is 4. The van der Waals surface area contributed by atoms with Crippen LogP contribution in [0.15, 0.2) is 42.5 Å². The van der Waals surface area contributed by atoms with E-state index in [-0.39, 0.29) is 18.3 Å². The van der Waals surface area contributed by atoms with Crippen molar-refractivity contribution < 1.29 is 27.8 Å². The Balaban J connectivity index is 1.86. The van der Waals surface area contributed by atoms with Crippen molar-refractivity contribution in [2.24, 2.45) is 0 Å². The molecule has 0 saturated heterocycles. The lowest BCUT2D eigenvalue weighted by molar-refractivity contribution is -0.139. The van der Waals surface area contributed by atoms with E-state index in [0.29, 0.717) is 25.1 Å². The summed E-state index contributed by atoms with van der Waals surface area (Å²) < 4.78 is 47.4. The van der Waals surface area contributed by atoms with E-state index < -0.39 is 17.7 Å². The number of fused-ring (bicyclic) bond motifs is 1. The van der Waals surface area contributed by atoms with Gasteiger partial charge in [0.1, 0.15) is 5.75 Å². The highest BCUT2D eigenvalue weighted by molar-refractivity contribution is 7.22. The van der Waals surface area contributed by atoms with E-state index in [4.69, 9.17) is 9.84 Å². The van der Waals surface area contributed by atoms with Gasteiger partial charge in [0, 0.05) is 22.7 Å². The number of carboxylic acids is 1. The molecule has 31 heavy (non-hydrogen) atoms. The van der Waals surface area contributed by atoms with Gasteiger partial charge in [0.25, 0.3) is 0 Å². The molecule has 2 N–H and O–H groups in total. The molecule has 0 radical (unpaired) electrons. The number of aliphatic carboxylic acids is 1. The van der Waals surface area contributed by atoms with E-state index in [1.54, 1.807) is 13.0 Å². The number of rotatable bonds is 9. The molecule has 1 aromatic heterocycles. The van der Waals surface area contributed by atoms with Gasteiger partial charge in [-0.25, -0.2) is 0 Å². The third kappa shape index (κ3) is 5.98. The van der Waals surface area contributed by atoms with Crippen molar-refractivity contribution in [3.05, 3.63) is 53.6 Å². The zero-order valence-corrected chi connectivity index (χ0v) is 18.1. The van der Waals surface area contributed by atoms with E-state index in [2.05, 4.69) is 5.32 Å². The molecule has 8 heteroatoms. The van der Waals surface area contributed by atoms with Crippen molar-refractivity contribution in [2.75, 3.05) is 6.54 Å². The summed E-state index contributed by atoms with van der Waals surface area (Å²) in [5, 5.41) is 12.7. The minimum absolute atomic E-state index is 0.0448. The second-order valence-electron chi connectivity index (χ2n) is 7.35. The van der Waals surface area contributed by atoms with Gasteiger partial charge < -0.3 is 15.2 Å². The van der Waals surface area contributed by atoms with E-state index in [1.807, 2.05) is 31.2 Å². The largest absolute Gasteiger partial charge is 0.490 e. The number of halogens is 3. The minimum Gasteiger partial charge on any atom is -0.490 e. The highest BCUT2D eigenvalue weighted by Crippen LogP contribution is 2.41. The molecule has 0 aliphatic rings. The van der Waals surface area contributed by atoms with Crippen LogP contribution < -0.4 is 10.1 Å². The molecule has 4 nitrogen and oxygen atoms in total. The van der Waals surface area contributed by atoms with Crippen LogP contribution >= 0.6 is 11.3 Å². The number of alkyl halides is 3. The van der Waals surface area contributed by atoms with Crippen molar-refractivity contribution >= 4 is 27.4 Å². The second kappa shape index (κ2) is 9.70. The molecule has 0 bridgehead atoms. The Hall–Kier alpha value is -2.58. The molecule has 0 amide bonds. The summed E-state index contributed by atoms with van der Waals surface area (Å²) in [5.41, 5.74) is 0.702. The van der Waals surface area contributed by atoms with Gasteiger partial charge in [-0.2, -0.15) is 13.2 Å². The van der Waals surface area contributed by atoms with Crippen LogP contribution in [0, 0.1) is 0 Å². The lowest BCUT2D eigenvalue weighted by Gasteiger charge is -2.18. The van der Waals surface area contributed by atoms with Gasteiger partial charge in [-0.3, -0.25) is 4.79 Å². The average Bonchev–Trinajstić information content (AvgIpc) is 3.13. The Kier molecular flexibility index (Phi) is 7.23. The first-order valence-corrected chi connectivity index (χ1v) is 10.8. The molecule has 0 fully saturated rings. The van der Waals surface area contributed by atoms with Gasteiger partial charge >= 0.3 is 12.1 Å². The monoisotopic (exact) mass is 451 g/mol. The van der Waals surface area contributed by atoms with Crippen molar-refractivity contribution in [2.45, 2.75) is 45.5 Å². The lowest BCUT2D eigenvalue weighted by Crippen LogP contribution is -2.17. The fourth-order valence-corrected chi connectivity index (χ4v) is 4.12. The van der Waals surface area contributed by atoms with E-state index >= 15 is 0 Å². The molecule has 1 unspecified atom stereocenters. The molecule has 166 valence electrons. The second-order valence-corrected chi connectivity index (χ2v) is 8.43. The maximum atomic E-state index is 13.6. The van der Waals surface area contributed by atoms with E-state index in [9.17, 15) is 18.0 Å². The smallest absolute Gasteiger partial charge is 0.419 e. The van der Waals surface area contributed by atoms with Crippen LogP contribution in [0.4, 0.5) is 13.2 Å². The normalized spacial score (nSPS) is 12.8. The number of carboxylic acid groups (broad SMARTS) is 1. The molecule has 3 aromatic rings. The number of carbonyl (C=O) groups is 1. The zero-order chi connectivity index (χ0) is 22.6. The van der Waals surface area contributed by atoms with Gasteiger partial charge in [0.05, 0.1) is 18.1 Å². The van der Waals surface area contributed by atoms with E-state index in [0.717, 1.165) is 26.6 Å². The van der Waals surface area contributed by atoms with Gasteiger partial charge in [0.15, 0.2) is 0 Å². The fourth-order valence-electron chi connectivity index (χ4n) is 3.08. The molecule has 0 aliphatic carbocycles. The molecule has 0 aliphatic heterocycles. The van der Waals surface area contributed by atoms with Crippen molar-refractivity contribution in [1.82, 2.24) is 5.32 Å². The van der Waals surface area contributed by atoms with Crippen LogP contribution in [-0.2, 0) is 17.5 Å². The maximum absolute atomic E-state index is 13.6. The first-order chi connectivity index (χ1) is 14.7. The summed E-state index contributed by atoms with van der Waals surface area (Å²) in [5.74, 6) is -1.01. The van der Waals surface area contributed by atoms with Crippen LogP contribution in [0.3, 0.4) is 0 Å². The number of ether oxygens (including phenoxy) is 1. The molecular formula is C23H24F3NO3S. The van der Waals surface area contributed by atoms with Crippen LogP contribution in [0.25, 0.3) is 20.5 Å². The Labute approximate surface area is 182 Å². The molecule has 2 aromatic carbocycles. The standard InChI is InChI=1S/C23H24F3NO3S/c1-3-14(2)30-19-6-5-16(11-18(19)23(24,25)26)21-12-17-10-15(4-7-20(17)31-21)13-27-9-8-22(28)29/h4-7,10-12,14,27H,3,8-9,13H2,1-2H3,(H,28,29). The van der Waals surface area contributed by atoms with Crippen LogP contribution in [-0.4, -0.2) is 23.7 Å². The number of benzene rings is 2. The number of nitrogens with one attached hydrogen (secondary N) is 1. The first kappa shape index (κ1) is 23.1. The zero-order valence-electron chi connectivity index (χ0n) is 17.3. The number of thiophene rings is 1. The molecule has 3 rings (SSSR count). The van der Waals surface area contributed by atoms with Gasteiger partial charge in [-0.05, 0) is 66.3 Å². The van der Waals surface area contributed by atoms with Gasteiger partial charge in [-0.1, -0.05) is 13.0 Å². The highest BCUT2D eigenvalue weighted by atomic mass is 32.1. The molecule has 1 atom stereocenters. The predicted octanol–water partition coefficient (Wildman–Crippen LogP) is 6.33. The average molecular weight is 452 g/mol. The molecule has 0 spiro atoms. The molecular weight excluding hydrogens is 427 g/mol. The van der Waals surface area contributed by atoms with Crippen molar-refractivity contribution in [3.63, 3.8) is 0 Å². The molecule has 0 saturated carbocycles. The predicted molar refractivity (Wildman–Crippen MR) is 117 cm³/mol. The summed E-state index contributed by atoms with van der Waals surface area (Å²) >= 11 is 1.43. The number of hydrogen-bond donors (Lipinski definition) is 2. The minimum atomic E-state index is -4.51. The van der Waals surface area contributed by atoms with Crippen molar-refractivity contribution in [3.8, 4) is 16.2 Å². The topological polar surface area (TPSA) is 58.6 Å². The van der Waals surface area contributed by atoms with Crippen LogP contribution in [0.2, 0.25) is 0 Å². The van der Waals surface area contributed by atoms with Crippen LogP contribution in [0.1, 0.15) is 37.8 Å². The maximum Gasteiger partial charge on any atom is 0.419 e. The Morgan fingerprint density at radius 1 is 1.19 bits per heavy atom. The lowest BCUT2D eigenvalue weighted by atomic mass is 10.1. The van der Waals surface area contributed by atoms with Crippen molar-refractivity contribution in [1.29, 1.82) is 0 Å². The fraction of sp³-hybridized carbons (Fsp3) is 0.348. The SMILES string of the molecule is CCC(C)Oc1ccc(-c2cc3cc(CNCCC(=O)O)ccc3s2)cc1C(F)(F)F. The summed E-state index contributed by atoms with van der Waals surface area (Å²) in [6.07, 6.45) is -4.16. The van der Waals surface area contributed by atoms with E-state index in [1.165, 1.54) is 17.4 Å². The van der Waals surface area contributed by atoms with Crippen LogP contribution in [0.5, 0.6) is 5.75 Å². The third-order valence-electron chi connectivity index (χ3n) is 4.90. The summed E-state index contributed by atoms with van der Waals surface area (Å²) in [4.78, 5) is 11.3. The first-order valence-electron chi connectivity index (χ1n) is 10.0. The summed E-state index contributed by atoms with van der Waals surface area (Å²) in [6, 6.07) is 11.9. The highest BCUT2D eigenvalue weighted by Gasteiger charge is 2.35. The Bertz CT molecular complexity index is 1060. The Morgan fingerprint density at radius 3 is 2.65 bits per heavy atom. The molecule has 1 heterocycles. The Morgan fingerprint density at radius 2 is 1.97 bits per heavy atom. The van der Waals surface area contributed by atoms with Gasteiger partial charge in [0.2, 0.25) is 0 Å². The van der Waals surface area contributed by atoms with Gasteiger partial charge in [-0.15, -0.1) is 11.3 Å². The summed E-state index contributed by atoms with van der Waals surface area (Å²) in [7, 11) is 0. The third-order valence-corrected chi connectivity index (χ3v) is 6.06. The summed E-state index contributed by atoms with van der Waals surface area (Å²) in [6.45, 7) is 4.50.